The maximum Gasteiger partial charge on any atom is 0.125 e. The van der Waals surface area contributed by atoms with Crippen molar-refractivity contribution in [1.29, 1.82) is 0 Å². The lowest BCUT2D eigenvalue weighted by Crippen LogP contribution is -2.05. The van der Waals surface area contributed by atoms with Crippen LogP contribution in [-0.2, 0) is 0 Å². The second-order valence-corrected chi connectivity index (χ2v) is 3.65. The molecule has 0 saturated heterocycles. The fourth-order valence-electron chi connectivity index (χ4n) is 1.71. The minimum Gasteiger partial charge on any atom is -0.496 e. The van der Waals surface area contributed by atoms with Crippen molar-refractivity contribution >= 4 is 5.69 Å². The molecule has 3 N–H and O–H groups in total. The number of pyridine rings is 1. The number of hydrogen-bond donors (Lipinski definition) is 2. The van der Waals surface area contributed by atoms with E-state index in [1.807, 2.05) is 12.1 Å². The Balaban J connectivity index is 2.44. The van der Waals surface area contributed by atoms with Crippen molar-refractivity contribution in [2.45, 2.75) is 6.10 Å². The fourth-order valence-corrected chi connectivity index (χ4v) is 1.71. The van der Waals surface area contributed by atoms with E-state index in [1.165, 1.54) is 0 Å². The van der Waals surface area contributed by atoms with E-state index >= 15 is 0 Å². The summed E-state index contributed by atoms with van der Waals surface area (Å²) >= 11 is 0. The zero-order valence-electron chi connectivity index (χ0n) is 9.50. The Kier molecular flexibility index (Phi) is 3.25. The molecule has 0 amide bonds. The van der Waals surface area contributed by atoms with E-state index in [2.05, 4.69) is 4.98 Å². The third kappa shape index (κ3) is 2.21. The molecule has 0 radical (unpaired) electrons. The number of anilines is 1. The Bertz CT molecular complexity index is 514. The highest BCUT2D eigenvalue weighted by molar-refractivity contribution is 5.50. The SMILES string of the molecule is COc1ccccc1C(O)c1cnccc1N. The van der Waals surface area contributed by atoms with E-state index in [-0.39, 0.29) is 0 Å². The van der Waals surface area contributed by atoms with Gasteiger partial charge in [0, 0.05) is 29.2 Å². The molecular weight excluding hydrogens is 216 g/mol. The Hall–Kier alpha value is -2.07. The molecule has 88 valence electrons. The highest BCUT2D eigenvalue weighted by Gasteiger charge is 2.17. The lowest BCUT2D eigenvalue weighted by atomic mass is 10.0. The van der Waals surface area contributed by atoms with Crippen molar-refractivity contribution < 1.29 is 9.84 Å². The number of ether oxygens (including phenoxy) is 1. The van der Waals surface area contributed by atoms with E-state index in [0.29, 0.717) is 22.6 Å². The zero-order valence-corrected chi connectivity index (χ0v) is 9.50. The quantitative estimate of drug-likeness (QED) is 0.843. The summed E-state index contributed by atoms with van der Waals surface area (Å²) in [6.45, 7) is 0. The van der Waals surface area contributed by atoms with Crippen LogP contribution in [0.25, 0.3) is 0 Å². The number of rotatable bonds is 3. The number of nitrogens with two attached hydrogens (primary N) is 1. The first-order valence-electron chi connectivity index (χ1n) is 5.24. The molecule has 1 aromatic carbocycles. The lowest BCUT2D eigenvalue weighted by molar-refractivity contribution is 0.215. The molecule has 1 unspecified atom stereocenters. The average molecular weight is 230 g/mol. The maximum absolute atomic E-state index is 10.3. The van der Waals surface area contributed by atoms with Crippen LogP contribution in [0.15, 0.2) is 42.7 Å². The molecule has 0 spiro atoms. The minimum atomic E-state index is -0.833. The van der Waals surface area contributed by atoms with Crippen molar-refractivity contribution in [3.05, 3.63) is 53.9 Å². The van der Waals surface area contributed by atoms with Gasteiger partial charge in [0.2, 0.25) is 0 Å². The van der Waals surface area contributed by atoms with Crippen LogP contribution in [0.3, 0.4) is 0 Å². The van der Waals surface area contributed by atoms with Gasteiger partial charge in [-0.1, -0.05) is 18.2 Å². The van der Waals surface area contributed by atoms with Gasteiger partial charge in [-0.3, -0.25) is 4.98 Å². The number of nitrogens with zero attached hydrogens (tertiary/aromatic N) is 1. The number of aromatic nitrogens is 1. The summed E-state index contributed by atoms with van der Waals surface area (Å²) in [5, 5.41) is 10.3. The fraction of sp³-hybridized carbons (Fsp3) is 0.154. The molecule has 0 aliphatic rings. The van der Waals surface area contributed by atoms with Crippen LogP contribution in [0.1, 0.15) is 17.2 Å². The number of hydrogen-bond acceptors (Lipinski definition) is 4. The number of aliphatic hydroxyl groups is 1. The monoisotopic (exact) mass is 230 g/mol. The number of benzene rings is 1. The van der Waals surface area contributed by atoms with E-state index in [4.69, 9.17) is 10.5 Å². The van der Waals surface area contributed by atoms with Gasteiger partial charge >= 0.3 is 0 Å². The lowest BCUT2D eigenvalue weighted by Gasteiger charge is -2.16. The predicted molar refractivity (Wildman–Crippen MR) is 65.7 cm³/mol. The van der Waals surface area contributed by atoms with Gasteiger partial charge in [0.05, 0.1) is 7.11 Å². The molecule has 1 heterocycles. The third-order valence-electron chi connectivity index (χ3n) is 2.62. The molecule has 0 saturated carbocycles. The molecule has 0 aliphatic carbocycles. The second kappa shape index (κ2) is 4.84. The van der Waals surface area contributed by atoms with Crippen molar-refractivity contribution in [2.75, 3.05) is 12.8 Å². The molecule has 4 heteroatoms. The minimum absolute atomic E-state index is 0.512. The summed E-state index contributed by atoms with van der Waals surface area (Å²) in [7, 11) is 1.57. The number of para-hydroxylation sites is 1. The van der Waals surface area contributed by atoms with Gasteiger partial charge in [-0.05, 0) is 12.1 Å². The summed E-state index contributed by atoms with van der Waals surface area (Å²) in [5.41, 5.74) is 7.58. The van der Waals surface area contributed by atoms with Gasteiger partial charge in [-0.25, -0.2) is 0 Å². The largest absolute Gasteiger partial charge is 0.496 e. The van der Waals surface area contributed by atoms with E-state index < -0.39 is 6.10 Å². The van der Waals surface area contributed by atoms with Crippen LogP contribution in [0.2, 0.25) is 0 Å². The Labute approximate surface area is 99.7 Å². The average Bonchev–Trinajstić information content (AvgIpc) is 2.38. The zero-order chi connectivity index (χ0) is 12.3. The van der Waals surface area contributed by atoms with Crippen molar-refractivity contribution in [2.24, 2.45) is 0 Å². The summed E-state index contributed by atoms with van der Waals surface area (Å²) < 4.78 is 5.21. The highest BCUT2D eigenvalue weighted by atomic mass is 16.5. The molecule has 1 aromatic heterocycles. The van der Waals surface area contributed by atoms with Gasteiger partial charge in [-0.15, -0.1) is 0 Å². The smallest absolute Gasteiger partial charge is 0.125 e. The van der Waals surface area contributed by atoms with Gasteiger partial charge in [0.1, 0.15) is 11.9 Å². The Morgan fingerprint density at radius 1 is 1.24 bits per heavy atom. The standard InChI is InChI=1S/C13H14N2O2/c1-17-12-5-3-2-4-9(12)13(16)10-8-15-7-6-11(10)14/h2-8,13,16H,1H3,(H2,14,15). The molecule has 1 atom stereocenters. The molecular formula is C13H14N2O2. The molecule has 0 bridgehead atoms. The maximum atomic E-state index is 10.3. The predicted octanol–water partition coefficient (Wildman–Crippen LogP) is 1.75. The van der Waals surface area contributed by atoms with Gasteiger partial charge in [-0.2, -0.15) is 0 Å². The van der Waals surface area contributed by atoms with Crippen LogP contribution in [-0.4, -0.2) is 17.2 Å². The summed E-state index contributed by atoms with van der Waals surface area (Å²) in [4.78, 5) is 3.97. The molecule has 0 fully saturated rings. The first kappa shape index (κ1) is 11.4. The first-order valence-corrected chi connectivity index (χ1v) is 5.24. The molecule has 2 aromatic rings. The number of aliphatic hydroxyl groups excluding tert-OH is 1. The Morgan fingerprint density at radius 3 is 2.71 bits per heavy atom. The van der Waals surface area contributed by atoms with Crippen LogP contribution in [0, 0.1) is 0 Å². The van der Waals surface area contributed by atoms with Crippen LogP contribution < -0.4 is 10.5 Å². The van der Waals surface area contributed by atoms with Crippen LogP contribution >= 0.6 is 0 Å². The highest BCUT2D eigenvalue weighted by Crippen LogP contribution is 2.31. The van der Waals surface area contributed by atoms with Crippen LogP contribution in [0.5, 0.6) is 5.75 Å². The van der Waals surface area contributed by atoms with Crippen molar-refractivity contribution in [1.82, 2.24) is 4.98 Å². The van der Waals surface area contributed by atoms with Gasteiger partial charge in [0.25, 0.3) is 0 Å². The normalized spacial score (nSPS) is 12.1. The molecule has 17 heavy (non-hydrogen) atoms. The number of methoxy groups -OCH3 is 1. The van der Waals surface area contributed by atoms with Gasteiger partial charge < -0.3 is 15.6 Å². The third-order valence-corrected chi connectivity index (χ3v) is 2.62. The van der Waals surface area contributed by atoms with E-state index in [1.54, 1.807) is 37.7 Å². The first-order chi connectivity index (χ1) is 8.24. The second-order valence-electron chi connectivity index (χ2n) is 3.65. The van der Waals surface area contributed by atoms with Crippen molar-refractivity contribution in [3.63, 3.8) is 0 Å². The summed E-state index contributed by atoms with van der Waals surface area (Å²) in [6, 6.07) is 8.95. The topological polar surface area (TPSA) is 68.4 Å². The number of nitrogen functional groups attached to an aromatic ring is 1. The molecule has 4 nitrogen and oxygen atoms in total. The van der Waals surface area contributed by atoms with Crippen molar-refractivity contribution in [3.8, 4) is 5.75 Å². The summed E-state index contributed by atoms with van der Waals surface area (Å²) in [5.74, 6) is 0.628. The molecule has 0 aliphatic heterocycles. The summed E-state index contributed by atoms with van der Waals surface area (Å²) in [6.07, 6.45) is 2.32. The Morgan fingerprint density at radius 2 is 2.00 bits per heavy atom. The van der Waals surface area contributed by atoms with E-state index in [9.17, 15) is 5.11 Å². The van der Waals surface area contributed by atoms with E-state index in [0.717, 1.165) is 0 Å². The van der Waals surface area contributed by atoms with Crippen LogP contribution in [0.4, 0.5) is 5.69 Å². The van der Waals surface area contributed by atoms with Gasteiger partial charge in [0.15, 0.2) is 0 Å². The molecule has 2 rings (SSSR count).